The van der Waals surface area contributed by atoms with Crippen molar-refractivity contribution in [3.05, 3.63) is 36.2 Å². The molecule has 1 aromatic carbocycles. The van der Waals surface area contributed by atoms with Crippen molar-refractivity contribution in [2.24, 2.45) is 0 Å². The van der Waals surface area contributed by atoms with Crippen molar-refractivity contribution in [3.63, 3.8) is 0 Å². The zero-order valence-electron chi connectivity index (χ0n) is 15.3. The van der Waals surface area contributed by atoms with Gasteiger partial charge in [-0.3, -0.25) is 4.79 Å². The zero-order chi connectivity index (χ0) is 17.8. The Morgan fingerprint density at radius 1 is 1.12 bits per heavy atom. The fourth-order valence-corrected chi connectivity index (χ4v) is 3.16. The first-order valence-corrected chi connectivity index (χ1v) is 8.46. The van der Waals surface area contributed by atoms with Gasteiger partial charge >= 0.3 is 0 Å². The van der Waals surface area contributed by atoms with Crippen molar-refractivity contribution in [3.8, 4) is 11.5 Å². The number of ether oxygens (including phenoxy) is 2. The second kappa shape index (κ2) is 8.80. The third-order valence-electron chi connectivity index (χ3n) is 4.53. The number of hydrogen-bond acceptors (Lipinski definition) is 5. The van der Waals surface area contributed by atoms with E-state index in [0.29, 0.717) is 30.2 Å². The molecule has 0 unspecified atom stereocenters. The van der Waals surface area contributed by atoms with Gasteiger partial charge in [-0.2, -0.15) is 0 Å². The number of carbonyl (C=O) groups is 1. The lowest BCUT2D eigenvalue weighted by molar-refractivity contribution is 0.0739. The van der Waals surface area contributed by atoms with Crippen LogP contribution in [-0.4, -0.2) is 60.8 Å². The number of imidazole rings is 1. The lowest BCUT2D eigenvalue weighted by Gasteiger charge is -2.35. The van der Waals surface area contributed by atoms with Crippen LogP contribution in [0, 0.1) is 0 Å². The zero-order valence-corrected chi connectivity index (χ0v) is 16.2. The summed E-state index contributed by atoms with van der Waals surface area (Å²) in [5.74, 6) is 1.97. The van der Waals surface area contributed by atoms with E-state index in [9.17, 15) is 4.79 Å². The molecule has 2 heterocycles. The van der Waals surface area contributed by atoms with Gasteiger partial charge in [0.15, 0.2) is 0 Å². The summed E-state index contributed by atoms with van der Waals surface area (Å²) in [6.07, 6.45) is 3.79. The number of benzene rings is 1. The number of nitrogens with zero attached hydrogens (tertiary/aromatic N) is 4. The molecule has 7 nitrogen and oxygen atoms in total. The van der Waals surface area contributed by atoms with Gasteiger partial charge in [-0.25, -0.2) is 4.98 Å². The molecule has 1 saturated heterocycles. The van der Waals surface area contributed by atoms with Gasteiger partial charge in [0.1, 0.15) is 17.1 Å². The second-order valence-corrected chi connectivity index (χ2v) is 5.83. The van der Waals surface area contributed by atoms with Crippen LogP contribution in [0.3, 0.4) is 0 Å². The van der Waals surface area contributed by atoms with E-state index in [1.54, 1.807) is 26.4 Å². The van der Waals surface area contributed by atoms with E-state index in [0.717, 1.165) is 25.6 Å². The molecule has 3 rings (SSSR count). The number of amides is 1. The average Bonchev–Trinajstić information content (AvgIpc) is 3.15. The van der Waals surface area contributed by atoms with Crippen LogP contribution in [0.15, 0.2) is 30.6 Å². The summed E-state index contributed by atoms with van der Waals surface area (Å²) >= 11 is 0. The molecular formula is C18H25ClN4O3. The van der Waals surface area contributed by atoms with E-state index >= 15 is 0 Å². The van der Waals surface area contributed by atoms with Crippen LogP contribution in [0.25, 0.3) is 0 Å². The molecule has 2 aromatic rings. The van der Waals surface area contributed by atoms with Gasteiger partial charge in [0.05, 0.1) is 14.2 Å². The quantitative estimate of drug-likeness (QED) is 0.796. The third kappa shape index (κ3) is 3.72. The standard InChI is InChI=1S/C18H24N4O3.ClH/c1-4-20-9-8-19-18(20)22-12-10-21(11-13-22)17(23)16-14(24-2)6-5-7-15(16)25-3;/h5-9H,4,10-13H2,1-3H3;1H. The van der Waals surface area contributed by atoms with Gasteiger partial charge < -0.3 is 23.8 Å². The normalized spacial score (nSPS) is 14.0. The van der Waals surface area contributed by atoms with Gasteiger partial charge in [-0.15, -0.1) is 12.4 Å². The number of halogens is 1. The predicted octanol–water partition coefficient (Wildman–Crippen LogP) is 2.30. The SMILES string of the molecule is CCn1ccnc1N1CCN(C(=O)c2c(OC)cccc2OC)CC1.Cl. The maximum absolute atomic E-state index is 13.0. The highest BCUT2D eigenvalue weighted by Gasteiger charge is 2.28. The van der Waals surface area contributed by atoms with Crippen molar-refractivity contribution in [2.75, 3.05) is 45.3 Å². The van der Waals surface area contributed by atoms with E-state index in [1.165, 1.54) is 0 Å². The topological polar surface area (TPSA) is 59.8 Å². The molecule has 0 spiro atoms. The fraction of sp³-hybridized carbons (Fsp3) is 0.444. The van der Waals surface area contributed by atoms with Gasteiger partial charge in [-0.05, 0) is 19.1 Å². The van der Waals surface area contributed by atoms with Gasteiger partial charge in [0, 0.05) is 45.1 Å². The van der Waals surface area contributed by atoms with Crippen LogP contribution in [-0.2, 0) is 6.54 Å². The van der Waals surface area contributed by atoms with Crippen LogP contribution >= 0.6 is 12.4 Å². The minimum atomic E-state index is -0.0622. The maximum Gasteiger partial charge on any atom is 0.261 e. The fourth-order valence-electron chi connectivity index (χ4n) is 3.16. The van der Waals surface area contributed by atoms with Crippen LogP contribution in [0.1, 0.15) is 17.3 Å². The Kier molecular flexibility index (Phi) is 6.74. The number of aryl methyl sites for hydroxylation is 1. The molecule has 142 valence electrons. The Hall–Kier alpha value is -2.41. The molecule has 0 saturated carbocycles. The second-order valence-electron chi connectivity index (χ2n) is 5.83. The van der Waals surface area contributed by atoms with E-state index in [-0.39, 0.29) is 18.3 Å². The molecule has 0 atom stereocenters. The predicted molar refractivity (Wildman–Crippen MR) is 103 cm³/mol. The monoisotopic (exact) mass is 380 g/mol. The number of aromatic nitrogens is 2. The smallest absolute Gasteiger partial charge is 0.261 e. The Balaban J connectivity index is 0.00000243. The molecule has 0 bridgehead atoms. The summed E-state index contributed by atoms with van der Waals surface area (Å²) in [7, 11) is 3.13. The number of methoxy groups -OCH3 is 2. The van der Waals surface area contributed by atoms with Crippen LogP contribution in [0.5, 0.6) is 11.5 Å². The lowest BCUT2D eigenvalue weighted by Crippen LogP contribution is -2.49. The minimum absolute atomic E-state index is 0. The average molecular weight is 381 g/mol. The summed E-state index contributed by atoms with van der Waals surface area (Å²) in [6.45, 7) is 5.75. The first-order valence-electron chi connectivity index (χ1n) is 8.46. The molecule has 0 radical (unpaired) electrons. The largest absolute Gasteiger partial charge is 0.496 e. The number of carbonyl (C=O) groups excluding carboxylic acids is 1. The molecule has 8 heteroatoms. The number of hydrogen-bond donors (Lipinski definition) is 0. The van der Waals surface area contributed by atoms with Crippen molar-refractivity contribution in [2.45, 2.75) is 13.5 Å². The summed E-state index contributed by atoms with van der Waals surface area (Å²) in [5.41, 5.74) is 0.482. The van der Waals surface area contributed by atoms with E-state index in [1.807, 2.05) is 23.4 Å². The molecule has 1 aliphatic heterocycles. The van der Waals surface area contributed by atoms with Crippen LogP contribution < -0.4 is 14.4 Å². The van der Waals surface area contributed by atoms with Gasteiger partial charge in [0.2, 0.25) is 5.95 Å². The van der Waals surface area contributed by atoms with Crippen LogP contribution in [0.4, 0.5) is 5.95 Å². The lowest BCUT2D eigenvalue weighted by atomic mass is 10.1. The molecule has 1 fully saturated rings. The molecule has 0 aliphatic carbocycles. The van der Waals surface area contributed by atoms with Crippen molar-refractivity contribution in [1.82, 2.24) is 14.5 Å². The number of rotatable bonds is 5. The summed E-state index contributed by atoms with van der Waals surface area (Å²) in [4.78, 5) is 21.5. The molecule has 26 heavy (non-hydrogen) atoms. The maximum atomic E-state index is 13.0. The summed E-state index contributed by atoms with van der Waals surface area (Å²) in [6, 6.07) is 5.38. The minimum Gasteiger partial charge on any atom is -0.496 e. The van der Waals surface area contributed by atoms with E-state index in [4.69, 9.17) is 9.47 Å². The highest BCUT2D eigenvalue weighted by molar-refractivity contribution is 5.99. The molecular weight excluding hydrogens is 356 g/mol. The number of piperazine rings is 1. The highest BCUT2D eigenvalue weighted by atomic mass is 35.5. The first-order chi connectivity index (χ1) is 12.2. The third-order valence-corrected chi connectivity index (χ3v) is 4.53. The summed E-state index contributed by atoms with van der Waals surface area (Å²) < 4.78 is 12.8. The Morgan fingerprint density at radius 2 is 1.73 bits per heavy atom. The molecule has 1 aromatic heterocycles. The van der Waals surface area contributed by atoms with Gasteiger partial charge in [-0.1, -0.05) is 6.07 Å². The molecule has 1 amide bonds. The van der Waals surface area contributed by atoms with Crippen LogP contribution in [0.2, 0.25) is 0 Å². The Morgan fingerprint density at radius 3 is 2.27 bits per heavy atom. The van der Waals surface area contributed by atoms with E-state index in [2.05, 4.69) is 21.4 Å². The molecule has 0 N–H and O–H groups in total. The van der Waals surface area contributed by atoms with Crippen molar-refractivity contribution < 1.29 is 14.3 Å². The summed E-state index contributed by atoms with van der Waals surface area (Å²) in [5, 5.41) is 0. The molecule has 1 aliphatic rings. The Labute approximate surface area is 159 Å². The number of anilines is 1. The van der Waals surface area contributed by atoms with Crippen molar-refractivity contribution in [1.29, 1.82) is 0 Å². The van der Waals surface area contributed by atoms with Gasteiger partial charge in [0.25, 0.3) is 5.91 Å². The van der Waals surface area contributed by atoms with Crippen molar-refractivity contribution >= 4 is 24.3 Å². The van der Waals surface area contributed by atoms with E-state index < -0.39 is 0 Å². The highest BCUT2D eigenvalue weighted by Crippen LogP contribution is 2.30. The Bertz CT molecular complexity index is 720. The first kappa shape index (κ1) is 19.9.